The molecule has 4 rings (SSSR count). The number of carbonyl (C=O) groups excluding carboxylic acids is 1. The van der Waals surface area contributed by atoms with Crippen LogP contribution in [0.4, 0.5) is 11.5 Å². The molecule has 1 fully saturated rings. The first-order chi connectivity index (χ1) is 15.2. The fourth-order valence-electron chi connectivity index (χ4n) is 4.23. The van der Waals surface area contributed by atoms with E-state index in [0.717, 1.165) is 55.7 Å². The van der Waals surface area contributed by atoms with Crippen molar-refractivity contribution in [2.75, 3.05) is 42.5 Å². The first-order valence-electron chi connectivity index (χ1n) is 11.3. The lowest BCUT2D eigenvalue weighted by molar-refractivity contribution is -0.125. The van der Waals surface area contributed by atoms with E-state index in [-0.39, 0.29) is 11.8 Å². The first-order valence-corrected chi connectivity index (χ1v) is 11.3. The smallest absolute Gasteiger partial charge is 0.224 e. The Labute approximate surface area is 184 Å². The van der Waals surface area contributed by atoms with Gasteiger partial charge in [0, 0.05) is 38.4 Å². The number of carbonyl (C=O) groups is 1. The van der Waals surface area contributed by atoms with Crippen molar-refractivity contribution in [2.45, 2.75) is 26.2 Å². The van der Waals surface area contributed by atoms with Crippen LogP contribution in [0, 0.1) is 5.92 Å². The number of anilines is 2. The second-order valence-electron chi connectivity index (χ2n) is 8.06. The first kappa shape index (κ1) is 21.1. The lowest BCUT2D eigenvalue weighted by atomic mass is 9.97. The van der Waals surface area contributed by atoms with Gasteiger partial charge in [-0.15, -0.1) is 0 Å². The van der Waals surface area contributed by atoms with Crippen LogP contribution in [0.2, 0.25) is 0 Å². The molecule has 0 spiro atoms. The Morgan fingerprint density at radius 3 is 2.71 bits per heavy atom. The van der Waals surface area contributed by atoms with E-state index in [1.54, 1.807) is 0 Å². The lowest BCUT2D eigenvalue weighted by Gasteiger charge is -2.32. The number of amides is 1. The molecule has 31 heavy (non-hydrogen) atoms. The van der Waals surface area contributed by atoms with Crippen LogP contribution >= 0.6 is 0 Å². The number of benzene rings is 2. The minimum atomic E-state index is -0.00146. The summed E-state index contributed by atoms with van der Waals surface area (Å²) in [6, 6.07) is 18.3. The highest BCUT2D eigenvalue weighted by atomic mass is 16.1. The maximum Gasteiger partial charge on any atom is 0.224 e. The zero-order valence-electron chi connectivity index (χ0n) is 18.2. The van der Waals surface area contributed by atoms with Gasteiger partial charge in [0.1, 0.15) is 5.82 Å². The molecule has 1 aromatic heterocycles. The van der Waals surface area contributed by atoms with Crippen LogP contribution in [0.1, 0.15) is 26.2 Å². The number of nitrogens with zero attached hydrogens (tertiary/aromatic N) is 4. The zero-order chi connectivity index (χ0) is 21.5. The fourth-order valence-corrected chi connectivity index (χ4v) is 4.23. The molecule has 0 saturated carbocycles. The highest BCUT2D eigenvalue weighted by molar-refractivity contribution is 5.80. The van der Waals surface area contributed by atoms with Crippen molar-refractivity contribution in [1.29, 1.82) is 0 Å². The average Bonchev–Trinajstić information content (AvgIpc) is 2.84. The number of piperidine rings is 1. The summed E-state index contributed by atoms with van der Waals surface area (Å²) >= 11 is 0. The van der Waals surface area contributed by atoms with Gasteiger partial charge in [-0.2, -0.15) is 0 Å². The monoisotopic (exact) mass is 417 g/mol. The average molecular weight is 418 g/mol. The van der Waals surface area contributed by atoms with Crippen LogP contribution in [0.25, 0.3) is 11.0 Å². The predicted molar refractivity (Wildman–Crippen MR) is 126 cm³/mol. The molecule has 1 unspecified atom stereocenters. The van der Waals surface area contributed by atoms with Crippen LogP contribution in [-0.4, -0.2) is 48.6 Å². The van der Waals surface area contributed by atoms with E-state index in [4.69, 9.17) is 4.98 Å². The maximum absolute atomic E-state index is 12.8. The fraction of sp³-hybridized carbons (Fsp3) is 0.400. The Kier molecular flexibility index (Phi) is 6.97. The summed E-state index contributed by atoms with van der Waals surface area (Å²) < 4.78 is 0. The van der Waals surface area contributed by atoms with Crippen molar-refractivity contribution < 1.29 is 4.79 Å². The lowest BCUT2D eigenvalue weighted by Crippen LogP contribution is -2.44. The Balaban J connectivity index is 1.27. The van der Waals surface area contributed by atoms with Crippen LogP contribution in [0.5, 0.6) is 0 Å². The van der Waals surface area contributed by atoms with Crippen LogP contribution in [0.15, 0.2) is 60.8 Å². The summed E-state index contributed by atoms with van der Waals surface area (Å²) in [6.45, 7) is 6.38. The van der Waals surface area contributed by atoms with Gasteiger partial charge in [-0.1, -0.05) is 30.3 Å². The third kappa shape index (κ3) is 5.32. The number of para-hydroxylation sites is 3. The minimum absolute atomic E-state index is 0.00146. The van der Waals surface area contributed by atoms with Gasteiger partial charge >= 0.3 is 0 Å². The molecule has 3 aromatic rings. The molecule has 6 heteroatoms. The number of hydrogen-bond donors (Lipinski definition) is 1. The molecule has 6 nitrogen and oxygen atoms in total. The number of nitrogens with one attached hydrogen (secondary N) is 1. The molecule has 0 radical (unpaired) electrons. The summed E-state index contributed by atoms with van der Waals surface area (Å²) in [6.07, 6.45) is 4.67. The Hall–Kier alpha value is -3.15. The molecule has 1 aliphatic heterocycles. The van der Waals surface area contributed by atoms with Gasteiger partial charge in [0.05, 0.1) is 23.1 Å². The number of rotatable bonds is 8. The summed E-state index contributed by atoms with van der Waals surface area (Å²) in [5, 5.41) is 3.16. The Bertz CT molecular complexity index is 993. The van der Waals surface area contributed by atoms with Crippen molar-refractivity contribution in [2.24, 2.45) is 5.92 Å². The largest absolute Gasteiger partial charge is 0.372 e. The zero-order valence-corrected chi connectivity index (χ0v) is 18.2. The molecular weight excluding hydrogens is 386 g/mol. The minimum Gasteiger partial charge on any atom is -0.372 e. The Morgan fingerprint density at radius 2 is 1.90 bits per heavy atom. The van der Waals surface area contributed by atoms with E-state index in [9.17, 15) is 4.79 Å². The van der Waals surface area contributed by atoms with E-state index < -0.39 is 0 Å². The van der Waals surface area contributed by atoms with E-state index >= 15 is 0 Å². The van der Waals surface area contributed by atoms with Crippen LogP contribution < -0.4 is 15.1 Å². The van der Waals surface area contributed by atoms with Gasteiger partial charge in [0.15, 0.2) is 0 Å². The van der Waals surface area contributed by atoms with Crippen molar-refractivity contribution in [3.63, 3.8) is 0 Å². The van der Waals surface area contributed by atoms with Crippen LogP contribution in [-0.2, 0) is 4.79 Å². The third-order valence-electron chi connectivity index (χ3n) is 5.96. The molecule has 1 N–H and O–H groups in total. The number of fused-ring (bicyclic) bond motifs is 1. The van der Waals surface area contributed by atoms with E-state index in [2.05, 4.69) is 51.3 Å². The van der Waals surface area contributed by atoms with E-state index in [0.29, 0.717) is 13.1 Å². The highest BCUT2D eigenvalue weighted by Crippen LogP contribution is 2.23. The second kappa shape index (κ2) is 10.2. The van der Waals surface area contributed by atoms with Gasteiger partial charge < -0.3 is 15.1 Å². The van der Waals surface area contributed by atoms with Crippen molar-refractivity contribution in [1.82, 2.24) is 15.3 Å². The molecule has 2 aromatic carbocycles. The second-order valence-corrected chi connectivity index (χ2v) is 8.06. The highest BCUT2D eigenvalue weighted by Gasteiger charge is 2.26. The van der Waals surface area contributed by atoms with Gasteiger partial charge in [0.2, 0.25) is 5.91 Å². The van der Waals surface area contributed by atoms with Crippen molar-refractivity contribution >= 4 is 28.4 Å². The van der Waals surface area contributed by atoms with Gasteiger partial charge in [-0.05, 0) is 50.5 Å². The molecule has 0 aliphatic carbocycles. The quantitative estimate of drug-likeness (QED) is 0.564. The SMILES string of the molecule is CCN(CCCNC(=O)C1CCCN(c2cnc3ccccc3n2)C1)c1ccccc1. The van der Waals surface area contributed by atoms with Crippen molar-refractivity contribution in [3.8, 4) is 0 Å². The topological polar surface area (TPSA) is 61.4 Å². The predicted octanol–water partition coefficient (Wildman–Crippen LogP) is 3.88. The summed E-state index contributed by atoms with van der Waals surface area (Å²) in [7, 11) is 0. The molecular formula is C25H31N5O. The Morgan fingerprint density at radius 1 is 1.13 bits per heavy atom. The normalized spacial score (nSPS) is 16.3. The third-order valence-corrected chi connectivity index (χ3v) is 5.96. The van der Waals surface area contributed by atoms with Crippen LogP contribution in [0.3, 0.4) is 0 Å². The molecule has 1 aliphatic rings. The standard InChI is InChI=1S/C25H31N5O/c1-2-29(21-11-4-3-5-12-21)17-9-15-26-25(31)20-10-8-16-30(19-20)24-18-27-22-13-6-7-14-23(22)28-24/h3-7,11-14,18,20H,2,8-10,15-17,19H2,1H3,(H,26,31). The molecule has 1 saturated heterocycles. The summed E-state index contributed by atoms with van der Waals surface area (Å²) in [5.41, 5.74) is 3.02. The molecule has 2 heterocycles. The van der Waals surface area contributed by atoms with Crippen molar-refractivity contribution in [3.05, 3.63) is 60.8 Å². The number of aromatic nitrogens is 2. The molecule has 0 bridgehead atoms. The molecule has 1 amide bonds. The van der Waals surface area contributed by atoms with Gasteiger partial charge in [-0.25, -0.2) is 4.98 Å². The maximum atomic E-state index is 12.8. The van der Waals surface area contributed by atoms with Gasteiger partial charge in [-0.3, -0.25) is 9.78 Å². The van der Waals surface area contributed by atoms with Gasteiger partial charge in [0.25, 0.3) is 0 Å². The van der Waals surface area contributed by atoms with E-state index in [1.807, 2.05) is 36.5 Å². The van der Waals surface area contributed by atoms with E-state index in [1.165, 1.54) is 5.69 Å². The number of hydrogen-bond acceptors (Lipinski definition) is 5. The summed E-state index contributed by atoms with van der Waals surface area (Å²) in [4.78, 5) is 26.6. The molecule has 162 valence electrons. The molecule has 1 atom stereocenters. The summed E-state index contributed by atoms with van der Waals surface area (Å²) in [5.74, 6) is 1.01.